The fraction of sp³-hybridized carbons (Fsp3) is 0.538. The molecule has 2 N–H and O–H groups in total. The van der Waals surface area contributed by atoms with Gasteiger partial charge in [0.1, 0.15) is 0 Å². The summed E-state index contributed by atoms with van der Waals surface area (Å²) >= 11 is 5.85. The lowest BCUT2D eigenvalue weighted by Gasteiger charge is -2.36. The van der Waals surface area contributed by atoms with Gasteiger partial charge in [-0.25, -0.2) is 0 Å². The summed E-state index contributed by atoms with van der Waals surface area (Å²) in [4.78, 5) is 0. The second kappa shape index (κ2) is 5.17. The van der Waals surface area contributed by atoms with Crippen molar-refractivity contribution in [1.82, 2.24) is 5.32 Å². The third-order valence-electron chi connectivity index (χ3n) is 3.18. The summed E-state index contributed by atoms with van der Waals surface area (Å²) in [6.45, 7) is 2.50. The van der Waals surface area contributed by atoms with Crippen molar-refractivity contribution >= 4 is 11.6 Å². The van der Waals surface area contributed by atoms with Crippen LogP contribution in [0.1, 0.15) is 31.2 Å². The second-order valence-electron chi connectivity index (χ2n) is 4.67. The molecule has 0 saturated heterocycles. The van der Waals surface area contributed by atoms with E-state index in [1.54, 1.807) is 0 Å². The lowest BCUT2D eigenvalue weighted by atomic mass is 9.76. The van der Waals surface area contributed by atoms with Crippen LogP contribution in [0.25, 0.3) is 0 Å². The smallest absolute Gasteiger partial charge is 0.0636 e. The van der Waals surface area contributed by atoms with Crippen LogP contribution in [0.5, 0.6) is 0 Å². The summed E-state index contributed by atoms with van der Waals surface area (Å²) < 4.78 is 0. The van der Waals surface area contributed by atoms with E-state index in [0.29, 0.717) is 18.5 Å². The van der Waals surface area contributed by atoms with E-state index in [4.69, 9.17) is 16.7 Å². The number of aliphatic hydroxyl groups is 1. The van der Waals surface area contributed by atoms with E-state index in [1.807, 2.05) is 19.1 Å². The zero-order chi connectivity index (χ0) is 11.5. The Kier molecular flexibility index (Phi) is 3.85. The molecule has 1 aromatic carbocycles. The highest BCUT2D eigenvalue weighted by molar-refractivity contribution is 6.30. The lowest BCUT2D eigenvalue weighted by Crippen LogP contribution is -2.42. The third kappa shape index (κ3) is 2.97. The molecule has 2 rings (SSSR count). The van der Waals surface area contributed by atoms with Crippen molar-refractivity contribution in [2.75, 3.05) is 6.54 Å². The highest BCUT2D eigenvalue weighted by Gasteiger charge is 2.29. The molecule has 0 radical (unpaired) electrons. The average Bonchev–Trinajstić information content (AvgIpc) is 2.18. The topological polar surface area (TPSA) is 32.3 Å². The molecule has 3 heteroatoms. The SMILES string of the molecule is C[C@H](O)CNC1CC(c2ccc(Cl)cc2)C1. The Hall–Kier alpha value is -0.570. The van der Waals surface area contributed by atoms with E-state index < -0.39 is 0 Å². The van der Waals surface area contributed by atoms with E-state index in [2.05, 4.69) is 17.4 Å². The fourth-order valence-corrected chi connectivity index (χ4v) is 2.25. The molecule has 0 unspecified atom stereocenters. The van der Waals surface area contributed by atoms with Crippen molar-refractivity contribution in [2.45, 2.75) is 37.8 Å². The molecule has 1 aromatic rings. The second-order valence-corrected chi connectivity index (χ2v) is 5.11. The number of halogens is 1. The summed E-state index contributed by atoms with van der Waals surface area (Å²) in [7, 11) is 0. The molecular weight excluding hydrogens is 222 g/mol. The number of aliphatic hydroxyl groups excluding tert-OH is 1. The first-order valence-corrected chi connectivity index (χ1v) is 6.20. The van der Waals surface area contributed by atoms with Gasteiger partial charge in [-0.2, -0.15) is 0 Å². The van der Waals surface area contributed by atoms with Crippen molar-refractivity contribution in [1.29, 1.82) is 0 Å². The van der Waals surface area contributed by atoms with E-state index >= 15 is 0 Å². The highest BCUT2D eigenvalue weighted by atomic mass is 35.5. The Morgan fingerprint density at radius 1 is 1.38 bits per heavy atom. The van der Waals surface area contributed by atoms with E-state index in [0.717, 1.165) is 17.9 Å². The Morgan fingerprint density at radius 2 is 2.00 bits per heavy atom. The number of benzene rings is 1. The van der Waals surface area contributed by atoms with Crippen LogP contribution in [0, 0.1) is 0 Å². The number of nitrogens with one attached hydrogen (secondary N) is 1. The average molecular weight is 240 g/mol. The maximum absolute atomic E-state index is 9.16. The third-order valence-corrected chi connectivity index (χ3v) is 3.43. The standard InChI is InChI=1S/C13H18ClNO/c1-9(16)8-15-13-6-11(7-13)10-2-4-12(14)5-3-10/h2-5,9,11,13,15-16H,6-8H2,1H3/t9-,11?,13?/m0/s1. The van der Waals surface area contributed by atoms with Gasteiger partial charge in [-0.15, -0.1) is 0 Å². The minimum atomic E-state index is -0.255. The summed E-state index contributed by atoms with van der Waals surface area (Å²) in [5.74, 6) is 0.656. The lowest BCUT2D eigenvalue weighted by molar-refractivity contribution is 0.171. The molecule has 16 heavy (non-hydrogen) atoms. The van der Waals surface area contributed by atoms with Crippen LogP contribution < -0.4 is 5.32 Å². The van der Waals surface area contributed by atoms with Gasteiger partial charge in [-0.05, 0) is 43.4 Å². The molecule has 2 nitrogen and oxygen atoms in total. The summed E-state index contributed by atoms with van der Waals surface area (Å²) in [5.41, 5.74) is 1.37. The van der Waals surface area contributed by atoms with Gasteiger partial charge in [-0.3, -0.25) is 0 Å². The molecule has 0 heterocycles. The van der Waals surface area contributed by atoms with Gasteiger partial charge in [-0.1, -0.05) is 23.7 Å². The van der Waals surface area contributed by atoms with E-state index in [-0.39, 0.29) is 6.10 Å². The first-order chi connectivity index (χ1) is 7.65. The zero-order valence-corrected chi connectivity index (χ0v) is 10.2. The molecule has 1 aliphatic carbocycles. The Morgan fingerprint density at radius 3 is 2.56 bits per heavy atom. The van der Waals surface area contributed by atoms with Crippen molar-refractivity contribution in [2.24, 2.45) is 0 Å². The van der Waals surface area contributed by atoms with Gasteiger partial charge in [0.15, 0.2) is 0 Å². The number of hydrogen-bond donors (Lipinski definition) is 2. The Balaban J connectivity index is 1.77. The molecule has 0 amide bonds. The van der Waals surface area contributed by atoms with Crippen molar-refractivity contribution < 1.29 is 5.11 Å². The van der Waals surface area contributed by atoms with Gasteiger partial charge in [0.25, 0.3) is 0 Å². The Labute approximate surface area is 102 Å². The van der Waals surface area contributed by atoms with Crippen LogP contribution >= 0.6 is 11.6 Å². The van der Waals surface area contributed by atoms with Crippen LogP contribution in [0.4, 0.5) is 0 Å². The number of hydrogen-bond acceptors (Lipinski definition) is 2. The predicted molar refractivity (Wildman–Crippen MR) is 66.9 cm³/mol. The maximum Gasteiger partial charge on any atom is 0.0636 e. The predicted octanol–water partition coefficient (Wildman–Crippen LogP) is 2.56. The van der Waals surface area contributed by atoms with Crippen LogP contribution in [-0.4, -0.2) is 23.8 Å². The molecule has 0 aromatic heterocycles. The molecule has 1 aliphatic rings. The highest BCUT2D eigenvalue weighted by Crippen LogP contribution is 2.37. The van der Waals surface area contributed by atoms with Crippen LogP contribution in [0.15, 0.2) is 24.3 Å². The minimum Gasteiger partial charge on any atom is -0.392 e. The summed E-state index contributed by atoms with van der Waals surface area (Å²) in [5, 5.41) is 13.3. The summed E-state index contributed by atoms with van der Waals surface area (Å²) in [6, 6.07) is 8.69. The normalized spacial score (nSPS) is 26.2. The van der Waals surface area contributed by atoms with Gasteiger partial charge >= 0.3 is 0 Å². The molecule has 1 fully saturated rings. The van der Waals surface area contributed by atoms with Gasteiger partial charge in [0, 0.05) is 17.6 Å². The van der Waals surface area contributed by atoms with E-state index in [9.17, 15) is 0 Å². The first kappa shape index (κ1) is 11.9. The van der Waals surface area contributed by atoms with Crippen molar-refractivity contribution in [3.63, 3.8) is 0 Å². The first-order valence-electron chi connectivity index (χ1n) is 5.82. The van der Waals surface area contributed by atoms with Gasteiger partial charge < -0.3 is 10.4 Å². The van der Waals surface area contributed by atoms with Crippen molar-refractivity contribution in [3.05, 3.63) is 34.9 Å². The van der Waals surface area contributed by atoms with Crippen LogP contribution in [0.3, 0.4) is 0 Å². The van der Waals surface area contributed by atoms with E-state index in [1.165, 1.54) is 5.56 Å². The fourth-order valence-electron chi connectivity index (χ4n) is 2.13. The zero-order valence-electron chi connectivity index (χ0n) is 9.49. The van der Waals surface area contributed by atoms with Crippen molar-refractivity contribution in [3.8, 4) is 0 Å². The van der Waals surface area contributed by atoms with Crippen LogP contribution in [0.2, 0.25) is 5.02 Å². The Bertz CT molecular complexity index is 330. The molecule has 0 spiro atoms. The molecule has 1 atom stereocenters. The maximum atomic E-state index is 9.16. The molecule has 1 saturated carbocycles. The van der Waals surface area contributed by atoms with Crippen LogP contribution in [-0.2, 0) is 0 Å². The molecule has 0 bridgehead atoms. The molecular formula is C13H18ClNO. The number of rotatable bonds is 4. The molecule has 0 aliphatic heterocycles. The molecule has 88 valence electrons. The van der Waals surface area contributed by atoms with Gasteiger partial charge in [0.05, 0.1) is 6.10 Å². The quantitative estimate of drug-likeness (QED) is 0.847. The largest absolute Gasteiger partial charge is 0.392 e. The monoisotopic (exact) mass is 239 g/mol. The minimum absolute atomic E-state index is 0.255. The van der Waals surface area contributed by atoms with Gasteiger partial charge in [0.2, 0.25) is 0 Å². The summed E-state index contributed by atoms with van der Waals surface area (Å²) in [6.07, 6.45) is 2.07.